The fourth-order valence-corrected chi connectivity index (χ4v) is 5.54. The molecule has 0 aliphatic rings. The summed E-state index contributed by atoms with van der Waals surface area (Å²) in [5.41, 5.74) is 1.36. The second-order valence-corrected chi connectivity index (χ2v) is 8.34. The summed E-state index contributed by atoms with van der Waals surface area (Å²) in [7, 11) is 0.0390. The minimum absolute atomic E-state index is 0.000621. The maximum absolute atomic E-state index is 13.3. The number of thiophene rings is 1. The lowest BCUT2D eigenvalue weighted by molar-refractivity contribution is 0.0602. The highest BCUT2D eigenvalue weighted by Gasteiger charge is 2.30. The number of methoxy groups -OCH3 is 3. The van der Waals surface area contributed by atoms with Crippen molar-refractivity contribution in [2.24, 2.45) is 0 Å². The number of esters is 1. The van der Waals surface area contributed by atoms with Crippen LogP contribution in [-0.2, 0) is 14.8 Å². The fraction of sp³-hybridized carbons (Fsp3) is 0.150. The van der Waals surface area contributed by atoms with Gasteiger partial charge < -0.3 is 14.2 Å². The monoisotopic (exact) mass is 433 g/mol. The van der Waals surface area contributed by atoms with E-state index in [0.29, 0.717) is 22.6 Å². The number of sulfonamides is 1. The van der Waals surface area contributed by atoms with Crippen molar-refractivity contribution in [3.8, 4) is 22.6 Å². The number of hydrogen-bond donors (Lipinski definition) is 1. The van der Waals surface area contributed by atoms with E-state index in [2.05, 4.69) is 4.72 Å². The Morgan fingerprint density at radius 2 is 1.66 bits per heavy atom. The van der Waals surface area contributed by atoms with Crippen LogP contribution in [-0.4, -0.2) is 35.7 Å². The third-order valence-corrected chi connectivity index (χ3v) is 6.66. The van der Waals surface area contributed by atoms with Crippen LogP contribution in [0.1, 0.15) is 9.67 Å². The van der Waals surface area contributed by atoms with Gasteiger partial charge in [0.2, 0.25) is 0 Å². The molecule has 1 heterocycles. The number of carbonyl (C=O) groups is 1. The van der Waals surface area contributed by atoms with E-state index in [0.717, 1.165) is 11.3 Å². The zero-order valence-corrected chi connectivity index (χ0v) is 17.6. The summed E-state index contributed by atoms with van der Waals surface area (Å²) in [6.45, 7) is 0. The van der Waals surface area contributed by atoms with Gasteiger partial charge in [-0.3, -0.25) is 4.72 Å². The molecule has 29 heavy (non-hydrogen) atoms. The SMILES string of the molecule is COC(=O)c1scc(-c2ccccc2)c1S(=O)(=O)Nc1ccc(OC)c(OC)c1. The van der Waals surface area contributed by atoms with Gasteiger partial charge in [-0.05, 0) is 17.7 Å². The van der Waals surface area contributed by atoms with Crippen LogP contribution in [0.4, 0.5) is 5.69 Å². The minimum atomic E-state index is -4.12. The van der Waals surface area contributed by atoms with Crippen molar-refractivity contribution in [2.45, 2.75) is 4.90 Å². The highest BCUT2D eigenvalue weighted by atomic mass is 32.2. The molecular formula is C20H19NO6S2. The van der Waals surface area contributed by atoms with Gasteiger partial charge >= 0.3 is 5.97 Å². The molecule has 2 aromatic carbocycles. The van der Waals surface area contributed by atoms with Gasteiger partial charge in [0.1, 0.15) is 9.77 Å². The predicted octanol–water partition coefficient (Wildman–Crippen LogP) is 4.02. The number of benzene rings is 2. The Hall–Kier alpha value is -3.04. The maximum atomic E-state index is 13.3. The highest BCUT2D eigenvalue weighted by molar-refractivity contribution is 7.93. The van der Waals surface area contributed by atoms with Gasteiger partial charge in [-0.2, -0.15) is 0 Å². The first kappa shape index (κ1) is 20.7. The summed E-state index contributed by atoms with van der Waals surface area (Å²) >= 11 is 1.02. The number of carbonyl (C=O) groups excluding carboxylic acids is 1. The normalized spacial score (nSPS) is 11.0. The van der Waals surface area contributed by atoms with Gasteiger partial charge in [0, 0.05) is 17.0 Å². The van der Waals surface area contributed by atoms with Crippen LogP contribution in [0, 0.1) is 0 Å². The lowest BCUT2D eigenvalue weighted by Gasteiger charge is -2.13. The zero-order chi connectivity index (χ0) is 21.0. The third-order valence-electron chi connectivity index (χ3n) is 4.11. The standard InChI is InChI=1S/C20H19NO6S2/c1-25-16-10-9-14(11-17(16)26-2)21-29(23,24)19-15(13-7-5-4-6-8-13)12-28-18(19)20(22)27-3/h4-12,21H,1-3H3. The minimum Gasteiger partial charge on any atom is -0.493 e. The highest BCUT2D eigenvalue weighted by Crippen LogP contribution is 2.37. The Kier molecular flexibility index (Phi) is 6.09. The van der Waals surface area contributed by atoms with Gasteiger partial charge in [-0.15, -0.1) is 11.3 Å². The summed E-state index contributed by atoms with van der Waals surface area (Å²) in [6, 6.07) is 13.6. The third kappa shape index (κ3) is 4.20. The van der Waals surface area contributed by atoms with E-state index in [9.17, 15) is 13.2 Å². The van der Waals surface area contributed by atoms with E-state index in [1.807, 2.05) is 6.07 Å². The molecule has 7 nitrogen and oxygen atoms in total. The van der Waals surface area contributed by atoms with Gasteiger partial charge in [0.25, 0.3) is 10.0 Å². The van der Waals surface area contributed by atoms with Crippen LogP contribution in [0.25, 0.3) is 11.1 Å². The van der Waals surface area contributed by atoms with Crippen LogP contribution >= 0.6 is 11.3 Å². The molecule has 3 rings (SSSR count). The molecule has 0 atom stereocenters. The number of rotatable bonds is 7. The van der Waals surface area contributed by atoms with Crippen LogP contribution in [0.5, 0.6) is 11.5 Å². The number of ether oxygens (including phenoxy) is 3. The average molecular weight is 434 g/mol. The number of anilines is 1. The van der Waals surface area contributed by atoms with Crippen LogP contribution in [0.3, 0.4) is 0 Å². The molecule has 0 amide bonds. The first-order chi connectivity index (χ1) is 13.9. The Morgan fingerprint density at radius 3 is 2.28 bits per heavy atom. The second-order valence-electron chi connectivity index (χ2n) is 5.84. The van der Waals surface area contributed by atoms with Crippen molar-refractivity contribution in [3.05, 3.63) is 58.8 Å². The van der Waals surface area contributed by atoms with Crippen molar-refractivity contribution in [1.29, 1.82) is 0 Å². The van der Waals surface area contributed by atoms with Crippen molar-refractivity contribution in [2.75, 3.05) is 26.1 Å². The Balaban J connectivity index is 2.10. The Morgan fingerprint density at radius 1 is 0.966 bits per heavy atom. The van der Waals surface area contributed by atoms with Crippen LogP contribution in [0.2, 0.25) is 0 Å². The zero-order valence-electron chi connectivity index (χ0n) is 16.0. The van der Waals surface area contributed by atoms with Crippen LogP contribution < -0.4 is 14.2 Å². The smallest absolute Gasteiger partial charge is 0.349 e. The second kappa shape index (κ2) is 8.54. The van der Waals surface area contributed by atoms with Gasteiger partial charge in [0.15, 0.2) is 11.5 Å². The molecule has 1 aromatic heterocycles. The van der Waals surface area contributed by atoms with E-state index in [1.165, 1.54) is 27.4 Å². The fourth-order valence-electron chi connectivity index (χ4n) is 2.77. The first-order valence-corrected chi connectivity index (χ1v) is 10.8. The molecule has 3 aromatic rings. The Bertz CT molecular complexity index is 1120. The van der Waals surface area contributed by atoms with E-state index < -0.39 is 16.0 Å². The lowest BCUT2D eigenvalue weighted by atomic mass is 10.1. The first-order valence-electron chi connectivity index (χ1n) is 8.41. The van der Waals surface area contributed by atoms with Crippen LogP contribution in [0.15, 0.2) is 58.8 Å². The predicted molar refractivity (Wildman–Crippen MR) is 111 cm³/mol. The van der Waals surface area contributed by atoms with E-state index in [4.69, 9.17) is 14.2 Å². The topological polar surface area (TPSA) is 90.9 Å². The van der Waals surface area contributed by atoms with Gasteiger partial charge in [-0.1, -0.05) is 30.3 Å². The largest absolute Gasteiger partial charge is 0.493 e. The molecule has 9 heteroatoms. The molecule has 1 N–H and O–H groups in total. The summed E-state index contributed by atoms with van der Waals surface area (Å²) in [4.78, 5) is 12.1. The van der Waals surface area contributed by atoms with E-state index in [1.54, 1.807) is 41.8 Å². The molecule has 152 valence electrons. The molecular weight excluding hydrogens is 414 g/mol. The molecule has 0 radical (unpaired) electrons. The molecule has 0 aliphatic carbocycles. The summed E-state index contributed by atoms with van der Waals surface area (Å²) in [6.07, 6.45) is 0. The van der Waals surface area contributed by atoms with Crippen molar-refractivity contribution in [3.63, 3.8) is 0 Å². The molecule has 0 fully saturated rings. The number of hydrogen-bond acceptors (Lipinski definition) is 7. The van der Waals surface area contributed by atoms with Gasteiger partial charge in [-0.25, -0.2) is 13.2 Å². The molecule has 0 aliphatic heterocycles. The van der Waals surface area contributed by atoms with Crippen molar-refractivity contribution >= 4 is 33.0 Å². The molecule has 0 bridgehead atoms. The van der Waals surface area contributed by atoms with Crippen molar-refractivity contribution in [1.82, 2.24) is 0 Å². The quantitative estimate of drug-likeness (QED) is 0.566. The van der Waals surface area contributed by atoms with Crippen molar-refractivity contribution < 1.29 is 27.4 Å². The molecule has 0 spiro atoms. The summed E-state index contributed by atoms with van der Waals surface area (Å²) in [5.74, 6) is 0.116. The summed E-state index contributed by atoms with van der Waals surface area (Å²) < 4.78 is 44.2. The lowest BCUT2D eigenvalue weighted by Crippen LogP contribution is -2.16. The molecule has 0 saturated carbocycles. The number of nitrogens with one attached hydrogen (secondary N) is 1. The van der Waals surface area contributed by atoms with Gasteiger partial charge in [0.05, 0.1) is 27.0 Å². The molecule has 0 unspecified atom stereocenters. The maximum Gasteiger partial charge on any atom is 0.349 e. The van der Waals surface area contributed by atoms with E-state index >= 15 is 0 Å². The van der Waals surface area contributed by atoms with E-state index in [-0.39, 0.29) is 15.5 Å². The summed E-state index contributed by atoms with van der Waals surface area (Å²) in [5, 5.41) is 1.63. The Labute approximate surface area is 172 Å². The average Bonchev–Trinajstić information content (AvgIpc) is 3.19. The molecule has 0 saturated heterocycles.